The molecule has 2 N–H and O–H groups in total. The van der Waals surface area contributed by atoms with Gasteiger partial charge >= 0.3 is 0 Å². The van der Waals surface area contributed by atoms with Gasteiger partial charge in [0.1, 0.15) is 12.4 Å². The zero-order chi connectivity index (χ0) is 17.2. The van der Waals surface area contributed by atoms with Gasteiger partial charge in [0.2, 0.25) is 0 Å². The van der Waals surface area contributed by atoms with E-state index in [0.29, 0.717) is 30.0 Å². The standard InChI is InChI=1S/C18H24N2O4/c1-18(2,15-5-3-4-9-24-15)20-16(21)12-6-7-14-13(11-12)17(22)19-8-10-23-14/h6-7,11,15H,3-5,8-10H2,1-2H3,(H,19,22)(H,20,21). The summed E-state index contributed by atoms with van der Waals surface area (Å²) in [4.78, 5) is 24.7. The smallest absolute Gasteiger partial charge is 0.255 e. The molecule has 0 aliphatic carbocycles. The van der Waals surface area contributed by atoms with Crippen LogP contribution in [0.15, 0.2) is 18.2 Å². The van der Waals surface area contributed by atoms with Crippen LogP contribution in [0.1, 0.15) is 53.8 Å². The van der Waals surface area contributed by atoms with Crippen LogP contribution >= 0.6 is 0 Å². The maximum Gasteiger partial charge on any atom is 0.255 e. The van der Waals surface area contributed by atoms with E-state index < -0.39 is 5.54 Å². The van der Waals surface area contributed by atoms with Crippen LogP contribution in [0.25, 0.3) is 0 Å². The van der Waals surface area contributed by atoms with Gasteiger partial charge in [-0.25, -0.2) is 0 Å². The molecule has 3 rings (SSSR count). The quantitative estimate of drug-likeness (QED) is 0.886. The van der Waals surface area contributed by atoms with Crippen molar-refractivity contribution in [3.63, 3.8) is 0 Å². The molecule has 1 fully saturated rings. The summed E-state index contributed by atoms with van der Waals surface area (Å²) in [6, 6.07) is 4.95. The van der Waals surface area contributed by atoms with Crippen molar-refractivity contribution >= 4 is 11.8 Å². The zero-order valence-corrected chi connectivity index (χ0v) is 14.2. The Hall–Kier alpha value is -2.08. The first-order chi connectivity index (χ1) is 11.5. The van der Waals surface area contributed by atoms with Crippen LogP contribution < -0.4 is 15.4 Å². The number of fused-ring (bicyclic) bond motifs is 1. The Morgan fingerprint density at radius 1 is 1.29 bits per heavy atom. The maximum absolute atomic E-state index is 12.6. The molecule has 2 aliphatic heterocycles. The van der Waals surface area contributed by atoms with Gasteiger partial charge in [0.05, 0.1) is 23.8 Å². The highest BCUT2D eigenvalue weighted by Crippen LogP contribution is 2.25. The molecule has 1 atom stereocenters. The maximum atomic E-state index is 12.6. The van der Waals surface area contributed by atoms with Gasteiger partial charge in [-0.2, -0.15) is 0 Å². The molecule has 24 heavy (non-hydrogen) atoms. The van der Waals surface area contributed by atoms with E-state index in [1.54, 1.807) is 18.2 Å². The molecule has 0 saturated carbocycles. The van der Waals surface area contributed by atoms with Crippen LogP contribution in [-0.2, 0) is 4.74 Å². The van der Waals surface area contributed by atoms with Crippen molar-refractivity contribution in [2.24, 2.45) is 0 Å². The van der Waals surface area contributed by atoms with Gasteiger partial charge in [0.15, 0.2) is 0 Å². The van der Waals surface area contributed by atoms with Crippen molar-refractivity contribution in [3.8, 4) is 5.75 Å². The lowest BCUT2D eigenvalue weighted by Crippen LogP contribution is -2.54. The third-order valence-electron chi connectivity index (χ3n) is 4.55. The van der Waals surface area contributed by atoms with Crippen LogP contribution in [0.3, 0.4) is 0 Å². The number of nitrogens with one attached hydrogen (secondary N) is 2. The number of carbonyl (C=O) groups is 2. The molecule has 2 amide bonds. The molecule has 0 radical (unpaired) electrons. The molecule has 130 valence electrons. The minimum atomic E-state index is -0.469. The highest BCUT2D eigenvalue weighted by atomic mass is 16.5. The molecule has 1 aromatic carbocycles. The minimum Gasteiger partial charge on any atom is -0.491 e. The molecule has 1 aromatic rings. The molecular weight excluding hydrogens is 308 g/mol. The summed E-state index contributed by atoms with van der Waals surface area (Å²) in [5.41, 5.74) is 0.369. The number of ether oxygens (including phenoxy) is 2. The normalized spacial score (nSPS) is 21.1. The Kier molecular flexibility index (Phi) is 4.76. The summed E-state index contributed by atoms with van der Waals surface area (Å²) in [7, 11) is 0. The number of carbonyl (C=O) groups excluding carboxylic acids is 2. The van der Waals surface area contributed by atoms with E-state index in [0.717, 1.165) is 25.9 Å². The number of amides is 2. The van der Waals surface area contributed by atoms with Crippen molar-refractivity contribution in [1.29, 1.82) is 0 Å². The second-order valence-electron chi connectivity index (χ2n) is 6.85. The predicted octanol–water partition coefficient (Wildman–Crippen LogP) is 1.89. The van der Waals surface area contributed by atoms with E-state index in [4.69, 9.17) is 9.47 Å². The van der Waals surface area contributed by atoms with Crippen LogP contribution in [0.2, 0.25) is 0 Å². The van der Waals surface area contributed by atoms with Crippen molar-refractivity contribution in [1.82, 2.24) is 10.6 Å². The van der Waals surface area contributed by atoms with Gasteiger partial charge in [0.25, 0.3) is 11.8 Å². The Bertz CT molecular complexity index is 636. The number of rotatable bonds is 3. The molecule has 6 heteroatoms. The van der Waals surface area contributed by atoms with E-state index >= 15 is 0 Å². The Morgan fingerprint density at radius 2 is 2.12 bits per heavy atom. The molecular formula is C18H24N2O4. The number of hydrogen-bond acceptors (Lipinski definition) is 4. The van der Waals surface area contributed by atoms with E-state index in [-0.39, 0.29) is 17.9 Å². The first-order valence-electron chi connectivity index (χ1n) is 8.46. The van der Waals surface area contributed by atoms with Gasteiger partial charge in [-0.1, -0.05) is 0 Å². The molecule has 0 spiro atoms. The first kappa shape index (κ1) is 16.8. The van der Waals surface area contributed by atoms with Gasteiger partial charge in [-0.3, -0.25) is 9.59 Å². The second-order valence-corrected chi connectivity index (χ2v) is 6.85. The lowest BCUT2D eigenvalue weighted by molar-refractivity contribution is -0.0318. The predicted molar refractivity (Wildman–Crippen MR) is 89.4 cm³/mol. The van der Waals surface area contributed by atoms with E-state index in [2.05, 4.69) is 10.6 Å². The van der Waals surface area contributed by atoms with Gasteiger partial charge in [0, 0.05) is 12.2 Å². The topological polar surface area (TPSA) is 76.7 Å². The summed E-state index contributed by atoms with van der Waals surface area (Å²) in [6.07, 6.45) is 3.12. The third-order valence-corrected chi connectivity index (χ3v) is 4.55. The highest BCUT2D eigenvalue weighted by molar-refractivity contribution is 6.01. The van der Waals surface area contributed by atoms with Crippen molar-refractivity contribution in [3.05, 3.63) is 29.3 Å². The molecule has 6 nitrogen and oxygen atoms in total. The largest absolute Gasteiger partial charge is 0.491 e. The van der Waals surface area contributed by atoms with E-state index in [9.17, 15) is 9.59 Å². The average molecular weight is 332 g/mol. The molecule has 1 saturated heterocycles. The number of benzene rings is 1. The molecule has 1 unspecified atom stereocenters. The van der Waals surface area contributed by atoms with Crippen LogP contribution in [0, 0.1) is 0 Å². The fraction of sp³-hybridized carbons (Fsp3) is 0.556. The van der Waals surface area contributed by atoms with Gasteiger partial charge < -0.3 is 20.1 Å². The fourth-order valence-corrected chi connectivity index (χ4v) is 3.15. The van der Waals surface area contributed by atoms with Crippen molar-refractivity contribution < 1.29 is 19.1 Å². The van der Waals surface area contributed by atoms with Crippen LogP contribution in [-0.4, -0.2) is 43.2 Å². The van der Waals surface area contributed by atoms with Crippen LogP contribution in [0.5, 0.6) is 5.75 Å². The molecule has 2 heterocycles. The van der Waals surface area contributed by atoms with E-state index in [1.807, 2.05) is 13.8 Å². The Balaban J connectivity index is 1.76. The lowest BCUT2D eigenvalue weighted by atomic mass is 9.91. The SMILES string of the molecule is CC(C)(NC(=O)c1ccc2c(c1)C(=O)NCCO2)C1CCCCO1. The summed E-state index contributed by atoms with van der Waals surface area (Å²) in [5.74, 6) is 0.0810. The first-order valence-corrected chi connectivity index (χ1v) is 8.46. The van der Waals surface area contributed by atoms with E-state index in [1.165, 1.54) is 0 Å². The summed E-state index contributed by atoms with van der Waals surface area (Å²) in [5, 5.41) is 5.79. The third kappa shape index (κ3) is 3.53. The average Bonchev–Trinajstić information content (AvgIpc) is 2.76. The van der Waals surface area contributed by atoms with Crippen LogP contribution in [0.4, 0.5) is 0 Å². The second kappa shape index (κ2) is 6.81. The molecule has 0 bridgehead atoms. The lowest BCUT2D eigenvalue weighted by Gasteiger charge is -2.37. The van der Waals surface area contributed by atoms with Gasteiger partial charge in [-0.15, -0.1) is 0 Å². The number of hydrogen-bond donors (Lipinski definition) is 2. The Labute approximate surface area is 141 Å². The van der Waals surface area contributed by atoms with Crippen molar-refractivity contribution in [2.75, 3.05) is 19.8 Å². The Morgan fingerprint density at radius 3 is 2.88 bits per heavy atom. The summed E-state index contributed by atoms with van der Waals surface area (Å²) < 4.78 is 11.3. The molecule has 2 aliphatic rings. The van der Waals surface area contributed by atoms with Crippen molar-refractivity contribution in [2.45, 2.75) is 44.8 Å². The minimum absolute atomic E-state index is 0.00246. The fourth-order valence-electron chi connectivity index (χ4n) is 3.15. The summed E-state index contributed by atoms with van der Waals surface area (Å²) >= 11 is 0. The highest BCUT2D eigenvalue weighted by Gasteiger charge is 2.33. The molecule has 0 aromatic heterocycles. The zero-order valence-electron chi connectivity index (χ0n) is 14.2. The summed E-state index contributed by atoms with van der Waals surface area (Å²) in [6.45, 7) is 5.57. The van der Waals surface area contributed by atoms with Gasteiger partial charge in [-0.05, 0) is 51.3 Å². The monoisotopic (exact) mass is 332 g/mol.